The molecule has 1 aromatic rings. The molecule has 3 heteroatoms. The predicted octanol–water partition coefficient (Wildman–Crippen LogP) is 3.78. The van der Waals surface area contributed by atoms with Crippen LogP contribution >= 0.6 is 15.9 Å². The van der Waals surface area contributed by atoms with Crippen molar-refractivity contribution < 1.29 is 5.11 Å². The summed E-state index contributed by atoms with van der Waals surface area (Å²) in [5.41, 5.74) is 1.000. The van der Waals surface area contributed by atoms with Crippen molar-refractivity contribution in [2.24, 2.45) is 5.92 Å². The Bertz CT molecular complexity index is 374. The first-order valence-corrected chi connectivity index (χ1v) is 7.11. The molecule has 0 aliphatic heterocycles. The minimum absolute atomic E-state index is 0.380. The maximum Gasteiger partial charge on any atom is 0.134 e. The maximum atomic E-state index is 9.93. The highest BCUT2D eigenvalue weighted by Gasteiger charge is 2.17. The molecule has 2 rings (SSSR count). The number of aromatic hydroxyl groups is 1. The molecule has 1 aliphatic rings. The second kappa shape index (κ2) is 5.87. The molecule has 2 nitrogen and oxygen atoms in total. The lowest BCUT2D eigenvalue weighted by Gasteiger charge is -2.21. The van der Waals surface area contributed by atoms with Crippen LogP contribution in [0, 0.1) is 5.92 Å². The van der Waals surface area contributed by atoms with Crippen LogP contribution in [0.3, 0.4) is 0 Å². The summed E-state index contributed by atoms with van der Waals surface area (Å²) in [6.07, 6.45) is 5.52. The van der Waals surface area contributed by atoms with E-state index >= 15 is 0 Å². The third-order valence-corrected chi connectivity index (χ3v) is 4.20. The Morgan fingerprint density at radius 3 is 2.76 bits per heavy atom. The van der Waals surface area contributed by atoms with Crippen LogP contribution in [0.4, 0.5) is 0 Å². The van der Waals surface area contributed by atoms with Crippen LogP contribution in [-0.2, 0) is 6.54 Å². The van der Waals surface area contributed by atoms with Crippen molar-refractivity contribution in [1.29, 1.82) is 0 Å². The van der Waals surface area contributed by atoms with Gasteiger partial charge < -0.3 is 10.0 Å². The Hall–Kier alpha value is -0.540. The first-order chi connectivity index (χ1) is 8.16. The third kappa shape index (κ3) is 3.46. The van der Waals surface area contributed by atoms with Crippen molar-refractivity contribution in [3.05, 3.63) is 28.2 Å². The summed E-state index contributed by atoms with van der Waals surface area (Å²) in [7, 11) is 2.14. The number of phenols is 1. The smallest absolute Gasteiger partial charge is 0.134 e. The van der Waals surface area contributed by atoms with E-state index in [1.165, 1.54) is 25.7 Å². The monoisotopic (exact) mass is 297 g/mol. The van der Waals surface area contributed by atoms with Gasteiger partial charge in [0.15, 0.2) is 0 Å². The van der Waals surface area contributed by atoms with E-state index in [0.29, 0.717) is 5.75 Å². The topological polar surface area (TPSA) is 23.5 Å². The van der Waals surface area contributed by atoms with E-state index in [9.17, 15) is 5.11 Å². The molecule has 0 aromatic heterocycles. The standard InChI is InChI=1S/C14H20BrNO/c1-16(9-11-5-2-3-6-11)10-12-7-4-8-13(15)14(12)17/h4,7-8,11,17H,2-3,5-6,9-10H2,1H3. The largest absolute Gasteiger partial charge is 0.506 e. The summed E-state index contributed by atoms with van der Waals surface area (Å²) in [4.78, 5) is 2.32. The normalized spacial score (nSPS) is 16.9. The van der Waals surface area contributed by atoms with Crippen molar-refractivity contribution in [3.8, 4) is 5.75 Å². The zero-order valence-corrected chi connectivity index (χ0v) is 11.9. The molecule has 1 N–H and O–H groups in total. The van der Waals surface area contributed by atoms with Gasteiger partial charge in [0.05, 0.1) is 4.47 Å². The molecule has 1 aliphatic carbocycles. The fraction of sp³-hybridized carbons (Fsp3) is 0.571. The van der Waals surface area contributed by atoms with Crippen LogP contribution in [0.2, 0.25) is 0 Å². The van der Waals surface area contributed by atoms with E-state index in [1.54, 1.807) is 0 Å². The molecule has 94 valence electrons. The SMILES string of the molecule is CN(Cc1cccc(Br)c1O)CC1CCCC1. The average Bonchev–Trinajstić information content (AvgIpc) is 2.77. The number of rotatable bonds is 4. The maximum absolute atomic E-state index is 9.93. The van der Waals surface area contributed by atoms with Gasteiger partial charge in [0.2, 0.25) is 0 Å². The molecule has 0 unspecified atom stereocenters. The molecule has 1 saturated carbocycles. The summed E-state index contributed by atoms with van der Waals surface area (Å²) >= 11 is 3.36. The number of hydrogen-bond acceptors (Lipinski definition) is 2. The van der Waals surface area contributed by atoms with Crippen molar-refractivity contribution in [3.63, 3.8) is 0 Å². The molecule has 0 heterocycles. The highest BCUT2D eigenvalue weighted by Crippen LogP contribution is 2.29. The quantitative estimate of drug-likeness (QED) is 0.914. The molecule has 0 amide bonds. The van der Waals surface area contributed by atoms with E-state index in [-0.39, 0.29) is 0 Å². The number of benzene rings is 1. The summed E-state index contributed by atoms with van der Waals surface area (Å²) in [5.74, 6) is 1.24. The lowest BCUT2D eigenvalue weighted by atomic mass is 10.1. The first-order valence-electron chi connectivity index (χ1n) is 6.31. The van der Waals surface area contributed by atoms with Crippen LogP contribution in [-0.4, -0.2) is 23.6 Å². The van der Waals surface area contributed by atoms with Crippen LogP contribution in [0.1, 0.15) is 31.2 Å². The Labute approximate surface area is 112 Å². The third-order valence-electron chi connectivity index (χ3n) is 3.56. The fourth-order valence-electron chi connectivity index (χ4n) is 2.68. The second-order valence-corrected chi connectivity index (χ2v) is 5.95. The van der Waals surface area contributed by atoms with Crippen LogP contribution in [0.15, 0.2) is 22.7 Å². The molecular weight excluding hydrogens is 278 g/mol. The van der Waals surface area contributed by atoms with E-state index in [1.807, 2.05) is 18.2 Å². The first kappa shape index (κ1) is 12.9. The molecule has 1 aromatic carbocycles. The van der Waals surface area contributed by atoms with Gasteiger partial charge >= 0.3 is 0 Å². The number of para-hydroxylation sites is 1. The molecule has 0 bridgehead atoms. The molecule has 0 spiro atoms. The van der Waals surface area contributed by atoms with Crippen LogP contribution in [0.5, 0.6) is 5.75 Å². The van der Waals surface area contributed by atoms with Gasteiger partial charge in [0.1, 0.15) is 5.75 Å². The summed E-state index contributed by atoms with van der Waals surface area (Å²) in [5, 5.41) is 9.93. The van der Waals surface area contributed by atoms with E-state index in [0.717, 1.165) is 29.0 Å². The predicted molar refractivity (Wildman–Crippen MR) is 74.1 cm³/mol. The summed E-state index contributed by atoms with van der Waals surface area (Å²) in [6.45, 7) is 1.97. The van der Waals surface area contributed by atoms with Gasteiger partial charge in [0.25, 0.3) is 0 Å². The van der Waals surface area contributed by atoms with Crippen LogP contribution < -0.4 is 0 Å². The number of nitrogens with zero attached hydrogens (tertiary/aromatic N) is 1. The van der Waals surface area contributed by atoms with Gasteiger partial charge in [-0.1, -0.05) is 25.0 Å². The van der Waals surface area contributed by atoms with Crippen molar-refractivity contribution in [2.45, 2.75) is 32.2 Å². The molecular formula is C14H20BrNO. The number of phenolic OH excluding ortho intramolecular Hbond substituents is 1. The molecule has 0 radical (unpaired) electrons. The minimum Gasteiger partial charge on any atom is -0.506 e. The van der Waals surface area contributed by atoms with E-state index < -0.39 is 0 Å². The lowest BCUT2D eigenvalue weighted by molar-refractivity contribution is 0.267. The van der Waals surface area contributed by atoms with Crippen LogP contribution in [0.25, 0.3) is 0 Å². The Morgan fingerprint density at radius 1 is 1.35 bits per heavy atom. The Balaban J connectivity index is 1.93. The zero-order chi connectivity index (χ0) is 12.3. The summed E-state index contributed by atoms with van der Waals surface area (Å²) < 4.78 is 0.782. The average molecular weight is 298 g/mol. The van der Waals surface area contributed by atoms with Gasteiger partial charge in [-0.05, 0) is 47.8 Å². The van der Waals surface area contributed by atoms with Gasteiger partial charge in [-0.2, -0.15) is 0 Å². The van der Waals surface area contributed by atoms with Gasteiger partial charge in [-0.15, -0.1) is 0 Å². The Kier molecular flexibility index (Phi) is 4.46. The van der Waals surface area contributed by atoms with Gasteiger partial charge in [-0.3, -0.25) is 0 Å². The molecule has 17 heavy (non-hydrogen) atoms. The van der Waals surface area contributed by atoms with Crippen molar-refractivity contribution in [1.82, 2.24) is 4.90 Å². The minimum atomic E-state index is 0.380. The van der Waals surface area contributed by atoms with Crippen molar-refractivity contribution >= 4 is 15.9 Å². The molecule has 0 atom stereocenters. The molecule has 1 fully saturated rings. The lowest BCUT2D eigenvalue weighted by Crippen LogP contribution is -2.24. The highest BCUT2D eigenvalue weighted by atomic mass is 79.9. The Morgan fingerprint density at radius 2 is 2.06 bits per heavy atom. The van der Waals surface area contributed by atoms with Gasteiger partial charge in [-0.25, -0.2) is 0 Å². The second-order valence-electron chi connectivity index (χ2n) is 5.09. The fourth-order valence-corrected chi connectivity index (χ4v) is 3.08. The zero-order valence-electron chi connectivity index (χ0n) is 10.3. The number of halogens is 1. The molecule has 0 saturated heterocycles. The van der Waals surface area contributed by atoms with Gasteiger partial charge in [0, 0.05) is 18.7 Å². The summed E-state index contributed by atoms with van der Waals surface area (Å²) in [6, 6.07) is 5.84. The van der Waals surface area contributed by atoms with E-state index in [4.69, 9.17) is 0 Å². The number of hydrogen-bond donors (Lipinski definition) is 1. The highest BCUT2D eigenvalue weighted by molar-refractivity contribution is 9.10. The van der Waals surface area contributed by atoms with E-state index in [2.05, 4.69) is 27.9 Å². The van der Waals surface area contributed by atoms with Crippen molar-refractivity contribution in [2.75, 3.05) is 13.6 Å².